The fourth-order valence-electron chi connectivity index (χ4n) is 2.33. The maximum atomic E-state index is 12.6. The van der Waals surface area contributed by atoms with Gasteiger partial charge in [-0.2, -0.15) is 0 Å². The predicted molar refractivity (Wildman–Crippen MR) is 79.2 cm³/mol. The van der Waals surface area contributed by atoms with Crippen LogP contribution in [0, 0.1) is 18.3 Å². The number of pyridine rings is 1. The fourth-order valence-corrected chi connectivity index (χ4v) is 2.33. The van der Waals surface area contributed by atoms with E-state index >= 15 is 0 Å². The second-order valence-corrected chi connectivity index (χ2v) is 5.24. The van der Waals surface area contributed by atoms with Crippen molar-refractivity contribution in [3.63, 3.8) is 0 Å². The van der Waals surface area contributed by atoms with Gasteiger partial charge in [0.1, 0.15) is 0 Å². The number of terminal acetylenes is 1. The summed E-state index contributed by atoms with van der Waals surface area (Å²) in [4.78, 5) is 18.6. The van der Waals surface area contributed by atoms with E-state index in [1.807, 2.05) is 30.3 Å². The van der Waals surface area contributed by atoms with Crippen molar-refractivity contribution >= 4 is 16.8 Å². The van der Waals surface area contributed by atoms with Crippen molar-refractivity contribution < 1.29 is 4.79 Å². The number of nitrogens with zero attached hydrogens (tertiary/aromatic N) is 2. The molecule has 0 radical (unpaired) electrons. The van der Waals surface area contributed by atoms with Gasteiger partial charge in [-0.15, -0.1) is 6.42 Å². The quantitative estimate of drug-likeness (QED) is 0.795. The van der Waals surface area contributed by atoms with Crippen LogP contribution >= 0.6 is 0 Å². The van der Waals surface area contributed by atoms with Crippen LogP contribution in [0.5, 0.6) is 0 Å². The van der Waals surface area contributed by atoms with E-state index in [-0.39, 0.29) is 5.91 Å². The van der Waals surface area contributed by atoms with E-state index in [4.69, 9.17) is 6.42 Å². The Bertz CT molecular complexity index is 683. The van der Waals surface area contributed by atoms with Crippen LogP contribution in [0.3, 0.4) is 0 Å². The first-order valence-corrected chi connectivity index (χ1v) is 6.85. The van der Waals surface area contributed by atoms with Crippen molar-refractivity contribution in [1.29, 1.82) is 0 Å². The summed E-state index contributed by atoms with van der Waals surface area (Å²) in [6, 6.07) is 9.44. The van der Waals surface area contributed by atoms with E-state index in [0.717, 1.165) is 17.4 Å². The number of benzene rings is 1. The molecule has 0 saturated heterocycles. The van der Waals surface area contributed by atoms with Crippen molar-refractivity contribution in [2.24, 2.45) is 5.92 Å². The van der Waals surface area contributed by atoms with Crippen LogP contribution in [0.2, 0.25) is 0 Å². The molecule has 1 aromatic carbocycles. The van der Waals surface area contributed by atoms with Gasteiger partial charge in [-0.05, 0) is 43.0 Å². The number of hydrogen-bond donors (Lipinski definition) is 0. The Morgan fingerprint density at radius 1 is 1.40 bits per heavy atom. The summed E-state index contributed by atoms with van der Waals surface area (Å²) in [7, 11) is 0. The van der Waals surface area contributed by atoms with E-state index in [0.29, 0.717) is 18.0 Å². The Kier molecular flexibility index (Phi) is 3.39. The largest absolute Gasteiger partial charge is 0.327 e. The number of carbonyl (C=O) groups is 1. The zero-order valence-corrected chi connectivity index (χ0v) is 11.2. The lowest BCUT2D eigenvalue weighted by molar-refractivity contribution is 0.0770. The molecule has 1 aromatic heterocycles. The van der Waals surface area contributed by atoms with Crippen LogP contribution in [0.25, 0.3) is 10.9 Å². The fraction of sp³-hybridized carbons (Fsp3) is 0.294. The van der Waals surface area contributed by atoms with Crippen LogP contribution in [0.15, 0.2) is 36.5 Å². The molecule has 0 aliphatic heterocycles. The highest BCUT2D eigenvalue weighted by atomic mass is 16.2. The second-order valence-electron chi connectivity index (χ2n) is 5.24. The molecule has 0 N–H and O–H groups in total. The van der Waals surface area contributed by atoms with Gasteiger partial charge >= 0.3 is 0 Å². The summed E-state index contributed by atoms with van der Waals surface area (Å²) in [6.45, 7) is 1.15. The average Bonchev–Trinajstić information content (AvgIpc) is 3.29. The minimum atomic E-state index is 0.0144. The highest BCUT2D eigenvalue weighted by Gasteiger charge is 2.26. The van der Waals surface area contributed by atoms with Gasteiger partial charge < -0.3 is 4.90 Å². The summed E-state index contributed by atoms with van der Waals surface area (Å²) in [5.41, 5.74) is 1.58. The molecule has 1 amide bonds. The zero-order valence-electron chi connectivity index (χ0n) is 11.2. The van der Waals surface area contributed by atoms with E-state index < -0.39 is 0 Å². The molecule has 20 heavy (non-hydrogen) atoms. The van der Waals surface area contributed by atoms with Gasteiger partial charge in [0.2, 0.25) is 0 Å². The van der Waals surface area contributed by atoms with Crippen LogP contribution in [0.4, 0.5) is 0 Å². The molecule has 3 heteroatoms. The Morgan fingerprint density at radius 3 is 3.00 bits per heavy atom. The monoisotopic (exact) mass is 264 g/mol. The third-order valence-corrected chi connectivity index (χ3v) is 3.59. The van der Waals surface area contributed by atoms with Crippen LogP contribution < -0.4 is 0 Å². The molecule has 0 bridgehead atoms. The predicted octanol–water partition coefficient (Wildman–Crippen LogP) is 2.72. The van der Waals surface area contributed by atoms with Crippen LogP contribution in [-0.4, -0.2) is 28.9 Å². The van der Waals surface area contributed by atoms with Crippen molar-refractivity contribution in [2.45, 2.75) is 12.8 Å². The first kappa shape index (κ1) is 12.7. The molecule has 3 nitrogen and oxygen atoms in total. The lowest BCUT2D eigenvalue weighted by atomic mass is 10.1. The first-order chi connectivity index (χ1) is 9.78. The Morgan fingerprint density at radius 2 is 2.25 bits per heavy atom. The van der Waals surface area contributed by atoms with Crippen LogP contribution in [-0.2, 0) is 0 Å². The molecule has 0 spiro atoms. The Hall–Kier alpha value is -2.34. The number of rotatable bonds is 4. The van der Waals surface area contributed by atoms with E-state index in [9.17, 15) is 4.79 Å². The summed E-state index contributed by atoms with van der Waals surface area (Å²) in [6.07, 6.45) is 9.54. The molecule has 1 aliphatic rings. The summed E-state index contributed by atoms with van der Waals surface area (Å²) < 4.78 is 0. The maximum absolute atomic E-state index is 12.6. The minimum Gasteiger partial charge on any atom is -0.327 e. The van der Waals surface area contributed by atoms with Gasteiger partial charge in [-0.1, -0.05) is 12.0 Å². The highest BCUT2D eigenvalue weighted by Crippen LogP contribution is 2.30. The van der Waals surface area contributed by atoms with Gasteiger partial charge in [-0.3, -0.25) is 9.78 Å². The molecule has 1 fully saturated rings. The molecule has 2 aromatic rings. The number of amides is 1. The SMILES string of the molecule is C#CCN(CC1CC1)C(=O)c1ccc2ncccc2c1. The number of hydrogen-bond acceptors (Lipinski definition) is 2. The number of fused-ring (bicyclic) bond motifs is 1. The second kappa shape index (κ2) is 5.34. The number of carbonyl (C=O) groups excluding carboxylic acids is 1. The van der Waals surface area contributed by atoms with Gasteiger partial charge in [0.15, 0.2) is 0 Å². The van der Waals surface area contributed by atoms with Crippen LogP contribution in [0.1, 0.15) is 23.2 Å². The Balaban J connectivity index is 1.87. The minimum absolute atomic E-state index is 0.0144. The average molecular weight is 264 g/mol. The molecule has 3 rings (SSSR count). The van der Waals surface area contributed by atoms with E-state index in [1.165, 1.54) is 12.8 Å². The third-order valence-electron chi connectivity index (χ3n) is 3.59. The van der Waals surface area contributed by atoms with Gasteiger partial charge in [-0.25, -0.2) is 0 Å². The standard InChI is InChI=1S/C17H16N2O/c1-2-10-19(12-13-5-6-13)17(20)15-7-8-16-14(11-15)4-3-9-18-16/h1,3-4,7-9,11,13H,5-6,10,12H2. The summed E-state index contributed by atoms with van der Waals surface area (Å²) >= 11 is 0. The number of aromatic nitrogens is 1. The lowest BCUT2D eigenvalue weighted by Gasteiger charge is -2.20. The van der Waals surface area contributed by atoms with Crippen molar-refractivity contribution in [3.05, 3.63) is 42.1 Å². The molecular weight excluding hydrogens is 248 g/mol. The van der Waals surface area contributed by atoms with Gasteiger partial charge in [0, 0.05) is 23.7 Å². The smallest absolute Gasteiger partial charge is 0.254 e. The maximum Gasteiger partial charge on any atom is 0.254 e. The van der Waals surface area contributed by atoms with Gasteiger partial charge in [0.25, 0.3) is 5.91 Å². The topological polar surface area (TPSA) is 33.2 Å². The molecule has 1 aliphatic carbocycles. The Labute approximate surface area is 118 Å². The zero-order chi connectivity index (χ0) is 13.9. The molecular formula is C17H16N2O. The normalized spacial score (nSPS) is 13.9. The van der Waals surface area contributed by atoms with E-state index in [2.05, 4.69) is 10.9 Å². The van der Waals surface area contributed by atoms with Crippen molar-refractivity contribution in [3.8, 4) is 12.3 Å². The van der Waals surface area contributed by atoms with E-state index in [1.54, 1.807) is 11.1 Å². The molecule has 100 valence electrons. The lowest BCUT2D eigenvalue weighted by Crippen LogP contribution is -2.33. The molecule has 1 saturated carbocycles. The van der Waals surface area contributed by atoms with Crippen molar-refractivity contribution in [1.82, 2.24) is 9.88 Å². The highest BCUT2D eigenvalue weighted by molar-refractivity contribution is 5.98. The summed E-state index contributed by atoms with van der Waals surface area (Å²) in [5.74, 6) is 3.23. The first-order valence-electron chi connectivity index (χ1n) is 6.85. The molecule has 0 unspecified atom stereocenters. The summed E-state index contributed by atoms with van der Waals surface area (Å²) in [5, 5.41) is 0.977. The van der Waals surface area contributed by atoms with Crippen molar-refractivity contribution in [2.75, 3.05) is 13.1 Å². The van der Waals surface area contributed by atoms with Gasteiger partial charge in [0.05, 0.1) is 12.1 Å². The molecule has 1 heterocycles. The third kappa shape index (κ3) is 2.65. The molecule has 0 atom stereocenters.